The number of carbonyl (C=O) groups is 3. The predicted octanol–water partition coefficient (Wildman–Crippen LogP) is 4.76. The van der Waals surface area contributed by atoms with E-state index in [4.69, 9.17) is 14.2 Å². The van der Waals surface area contributed by atoms with E-state index in [1.54, 1.807) is 14.1 Å². The highest BCUT2D eigenvalue weighted by Gasteiger charge is 2.60. The van der Waals surface area contributed by atoms with Crippen molar-refractivity contribution in [2.24, 2.45) is 34.5 Å². The fourth-order valence-corrected chi connectivity index (χ4v) is 8.47. The second kappa shape index (κ2) is 11.1. The number of fused-ring (bicyclic) bond motifs is 5. The summed E-state index contributed by atoms with van der Waals surface area (Å²) in [5.41, 5.74) is 1.71. The quantitative estimate of drug-likeness (QED) is 0.344. The van der Waals surface area contributed by atoms with Crippen molar-refractivity contribution in [2.45, 2.75) is 83.8 Å². The Bertz CT molecular complexity index is 908. The number of alkyl carbamates (subject to hydrolysis) is 3. The van der Waals surface area contributed by atoms with Gasteiger partial charge in [0.2, 0.25) is 0 Å². The molecule has 8 unspecified atom stereocenters. The third-order valence-corrected chi connectivity index (χ3v) is 10.4. The fraction of sp³-hybridized carbons (Fsp3) is 0.821. The molecule has 3 N–H and O–H groups in total. The lowest BCUT2D eigenvalue weighted by molar-refractivity contribution is -0.0753. The first-order chi connectivity index (χ1) is 17.7. The molecule has 3 fully saturated rings. The monoisotopic (exact) mass is 519 g/mol. The van der Waals surface area contributed by atoms with Crippen LogP contribution in [0.25, 0.3) is 0 Å². The van der Waals surface area contributed by atoms with E-state index in [2.05, 4.69) is 35.9 Å². The molecule has 0 bridgehead atoms. The van der Waals surface area contributed by atoms with E-state index in [0.29, 0.717) is 24.2 Å². The Kier molecular flexibility index (Phi) is 8.29. The van der Waals surface area contributed by atoms with Crippen molar-refractivity contribution in [2.75, 3.05) is 27.7 Å². The summed E-state index contributed by atoms with van der Waals surface area (Å²) in [5.74, 6) is 2.04. The Balaban J connectivity index is 1.49. The average Bonchev–Trinajstić information content (AvgIpc) is 3.25. The average molecular weight is 520 g/mol. The molecule has 4 rings (SSSR count). The van der Waals surface area contributed by atoms with Crippen LogP contribution in [0.1, 0.15) is 71.6 Å². The SMILES string of the molecule is CNC(=O)OCCC(OC(=O)NC)C1CCC2C3CC=C4CC(OC(=O)NC)CCC4(C)C3CCC12C. The van der Waals surface area contributed by atoms with Gasteiger partial charge in [-0.25, -0.2) is 14.4 Å². The fourth-order valence-electron chi connectivity index (χ4n) is 8.47. The molecular formula is C28H45N3O6. The van der Waals surface area contributed by atoms with Gasteiger partial charge in [-0.1, -0.05) is 25.5 Å². The first-order valence-electron chi connectivity index (χ1n) is 14.0. The van der Waals surface area contributed by atoms with Crippen molar-refractivity contribution in [1.29, 1.82) is 0 Å². The summed E-state index contributed by atoms with van der Waals surface area (Å²) < 4.78 is 16.8. The van der Waals surface area contributed by atoms with Crippen LogP contribution in [0.15, 0.2) is 11.6 Å². The lowest BCUT2D eigenvalue weighted by Crippen LogP contribution is -2.52. The van der Waals surface area contributed by atoms with E-state index in [-0.39, 0.29) is 41.7 Å². The van der Waals surface area contributed by atoms with Gasteiger partial charge in [0.15, 0.2) is 0 Å². The third kappa shape index (κ3) is 5.28. The van der Waals surface area contributed by atoms with Crippen LogP contribution in [-0.2, 0) is 14.2 Å². The Morgan fingerprint density at radius 1 is 0.946 bits per heavy atom. The van der Waals surface area contributed by atoms with Crippen LogP contribution < -0.4 is 16.0 Å². The molecule has 9 nitrogen and oxygen atoms in total. The van der Waals surface area contributed by atoms with Crippen LogP contribution in [-0.4, -0.2) is 58.2 Å². The van der Waals surface area contributed by atoms with Gasteiger partial charge in [0, 0.05) is 39.9 Å². The van der Waals surface area contributed by atoms with Gasteiger partial charge in [0.25, 0.3) is 0 Å². The highest BCUT2D eigenvalue weighted by Crippen LogP contribution is 2.67. The molecule has 0 heterocycles. The molecule has 37 heavy (non-hydrogen) atoms. The molecule has 4 aliphatic rings. The summed E-state index contributed by atoms with van der Waals surface area (Å²) in [6, 6.07) is 0. The Morgan fingerprint density at radius 3 is 2.38 bits per heavy atom. The maximum absolute atomic E-state index is 12.2. The second-order valence-corrected chi connectivity index (χ2v) is 11.9. The summed E-state index contributed by atoms with van der Waals surface area (Å²) in [5, 5.41) is 7.64. The Morgan fingerprint density at radius 2 is 1.68 bits per heavy atom. The molecule has 0 saturated heterocycles. The molecule has 0 radical (unpaired) electrons. The second-order valence-electron chi connectivity index (χ2n) is 11.9. The van der Waals surface area contributed by atoms with Crippen molar-refractivity contribution >= 4 is 18.3 Å². The molecule has 3 saturated carbocycles. The molecule has 8 atom stereocenters. The number of amides is 3. The molecule has 4 aliphatic carbocycles. The summed E-state index contributed by atoms with van der Waals surface area (Å²) in [4.78, 5) is 35.6. The topological polar surface area (TPSA) is 115 Å². The molecule has 0 aliphatic heterocycles. The largest absolute Gasteiger partial charge is 0.449 e. The highest BCUT2D eigenvalue weighted by molar-refractivity contribution is 5.67. The number of hydrogen-bond donors (Lipinski definition) is 3. The van der Waals surface area contributed by atoms with E-state index < -0.39 is 12.2 Å². The number of allylic oxidation sites excluding steroid dienone is 1. The summed E-state index contributed by atoms with van der Waals surface area (Å²) in [6.07, 6.45) is 9.64. The zero-order valence-electron chi connectivity index (χ0n) is 23.1. The van der Waals surface area contributed by atoms with Gasteiger partial charge in [-0.15, -0.1) is 0 Å². The number of carbonyl (C=O) groups excluding carboxylic acids is 3. The zero-order chi connectivity index (χ0) is 26.8. The van der Waals surface area contributed by atoms with Gasteiger partial charge in [-0.2, -0.15) is 0 Å². The van der Waals surface area contributed by atoms with Crippen LogP contribution in [0, 0.1) is 34.5 Å². The number of nitrogens with one attached hydrogen (secondary N) is 3. The smallest absolute Gasteiger partial charge is 0.407 e. The first-order valence-corrected chi connectivity index (χ1v) is 14.0. The molecule has 0 spiro atoms. The van der Waals surface area contributed by atoms with Gasteiger partial charge in [0.05, 0.1) is 6.61 Å². The van der Waals surface area contributed by atoms with Gasteiger partial charge in [0.1, 0.15) is 12.2 Å². The van der Waals surface area contributed by atoms with Gasteiger partial charge < -0.3 is 30.2 Å². The van der Waals surface area contributed by atoms with Crippen molar-refractivity contribution in [1.82, 2.24) is 16.0 Å². The molecule has 0 aromatic rings. The van der Waals surface area contributed by atoms with Crippen LogP contribution in [0.3, 0.4) is 0 Å². The van der Waals surface area contributed by atoms with Gasteiger partial charge >= 0.3 is 18.3 Å². The highest BCUT2D eigenvalue weighted by atomic mass is 16.6. The maximum Gasteiger partial charge on any atom is 0.407 e. The molecule has 208 valence electrons. The van der Waals surface area contributed by atoms with Gasteiger partial charge in [-0.3, -0.25) is 0 Å². The first kappa shape index (κ1) is 27.6. The van der Waals surface area contributed by atoms with Crippen molar-refractivity contribution in [3.63, 3.8) is 0 Å². The minimum absolute atomic E-state index is 0.0415. The van der Waals surface area contributed by atoms with Crippen LogP contribution >= 0.6 is 0 Å². The van der Waals surface area contributed by atoms with Crippen LogP contribution in [0.4, 0.5) is 14.4 Å². The van der Waals surface area contributed by atoms with Crippen molar-refractivity contribution in [3.8, 4) is 0 Å². The zero-order valence-corrected chi connectivity index (χ0v) is 23.1. The maximum atomic E-state index is 12.2. The lowest BCUT2D eigenvalue weighted by atomic mass is 9.47. The number of hydrogen-bond acceptors (Lipinski definition) is 6. The normalized spacial score (nSPS) is 37.0. The lowest BCUT2D eigenvalue weighted by Gasteiger charge is -2.58. The predicted molar refractivity (Wildman–Crippen MR) is 139 cm³/mol. The Hall–Kier alpha value is -2.45. The number of ether oxygens (including phenoxy) is 3. The summed E-state index contributed by atoms with van der Waals surface area (Å²) in [6.45, 7) is 5.06. The minimum Gasteiger partial charge on any atom is -0.449 e. The van der Waals surface area contributed by atoms with E-state index in [1.165, 1.54) is 12.6 Å². The van der Waals surface area contributed by atoms with E-state index in [9.17, 15) is 14.4 Å². The summed E-state index contributed by atoms with van der Waals surface area (Å²) in [7, 11) is 4.71. The minimum atomic E-state index is -0.469. The van der Waals surface area contributed by atoms with E-state index >= 15 is 0 Å². The Labute approximate surface area is 220 Å². The van der Waals surface area contributed by atoms with Gasteiger partial charge in [-0.05, 0) is 73.5 Å². The summed E-state index contributed by atoms with van der Waals surface area (Å²) >= 11 is 0. The number of rotatable bonds is 6. The molecule has 0 aromatic carbocycles. The van der Waals surface area contributed by atoms with Crippen LogP contribution in [0.5, 0.6) is 0 Å². The van der Waals surface area contributed by atoms with E-state index in [1.807, 2.05) is 0 Å². The molecular weight excluding hydrogens is 474 g/mol. The standard InChI is InChI=1S/C28H45N3O6/c1-27-13-10-18(36-25(33)30-4)16-17(27)6-7-19-20-8-9-22(28(20,2)14-11-21(19)27)23(37-26(34)31-5)12-15-35-24(32)29-3/h6,18-23H,7-16H2,1-5H3,(H,29,32)(H,30,33)(H,31,34). The van der Waals surface area contributed by atoms with Crippen molar-refractivity contribution < 1.29 is 28.6 Å². The molecule has 9 heteroatoms. The third-order valence-electron chi connectivity index (χ3n) is 10.4. The van der Waals surface area contributed by atoms with Crippen LogP contribution in [0.2, 0.25) is 0 Å². The molecule has 0 aromatic heterocycles. The molecule has 3 amide bonds. The van der Waals surface area contributed by atoms with E-state index in [0.717, 1.165) is 51.4 Å². The van der Waals surface area contributed by atoms with Crippen molar-refractivity contribution in [3.05, 3.63) is 11.6 Å².